The van der Waals surface area contributed by atoms with Crippen molar-refractivity contribution in [2.75, 3.05) is 20.3 Å². The second-order valence-corrected chi connectivity index (χ2v) is 4.34. The summed E-state index contributed by atoms with van der Waals surface area (Å²) in [7, 11) is 1.69. The molecule has 0 aromatic carbocycles. The van der Waals surface area contributed by atoms with Crippen LogP contribution in [0.5, 0.6) is 0 Å². The van der Waals surface area contributed by atoms with Gasteiger partial charge in [-0.1, -0.05) is 19.8 Å². The molecule has 14 heavy (non-hydrogen) atoms. The monoisotopic (exact) mass is 201 g/mol. The molecule has 1 saturated carbocycles. The van der Waals surface area contributed by atoms with Gasteiger partial charge in [-0.25, -0.2) is 0 Å². The summed E-state index contributed by atoms with van der Waals surface area (Å²) in [5.41, 5.74) is 5.61. The average molecular weight is 201 g/mol. The van der Waals surface area contributed by atoms with Crippen LogP contribution in [0.1, 0.15) is 32.6 Å². The molecule has 1 rings (SSSR count). The van der Waals surface area contributed by atoms with Crippen LogP contribution in [0, 0.1) is 5.92 Å². The normalized spacial score (nSPS) is 30.2. The molecule has 0 saturated heterocycles. The lowest BCUT2D eigenvalue weighted by Crippen LogP contribution is -2.34. The van der Waals surface area contributed by atoms with Gasteiger partial charge in [0.25, 0.3) is 0 Å². The van der Waals surface area contributed by atoms with Crippen molar-refractivity contribution in [1.29, 1.82) is 0 Å². The molecule has 84 valence electrons. The van der Waals surface area contributed by atoms with E-state index >= 15 is 0 Å². The van der Waals surface area contributed by atoms with Gasteiger partial charge in [-0.15, -0.1) is 0 Å². The Bertz CT molecular complexity index is 152. The summed E-state index contributed by atoms with van der Waals surface area (Å²) < 4.78 is 11.0. The predicted molar refractivity (Wildman–Crippen MR) is 57.2 cm³/mol. The molecule has 3 unspecified atom stereocenters. The molecule has 1 aliphatic carbocycles. The predicted octanol–water partition coefficient (Wildman–Crippen LogP) is 1.56. The summed E-state index contributed by atoms with van der Waals surface area (Å²) in [6, 6.07) is 0. The molecule has 0 heterocycles. The first-order chi connectivity index (χ1) is 6.76. The highest BCUT2D eigenvalue weighted by molar-refractivity contribution is 4.72. The highest BCUT2D eigenvalue weighted by Gasteiger charge is 2.22. The molecule has 0 aromatic rings. The number of ether oxygens (including phenoxy) is 2. The maximum atomic E-state index is 5.90. The standard InChI is InChI=1S/C11H23NO2/c1-9-4-3-5-10(6-9)14-11(7-12)8-13-2/h9-11H,3-8,12H2,1-2H3. The van der Waals surface area contributed by atoms with Crippen LogP contribution in [-0.4, -0.2) is 32.5 Å². The van der Waals surface area contributed by atoms with E-state index in [1.165, 1.54) is 25.7 Å². The largest absolute Gasteiger partial charge is 0.382 e. The number of hydrogen-bond donors (Lipinski definition) is 1. The Morgan fingerprint density at radius 1 is 1.43 bits per heavy atom. The van der Waals surface area contributed by atoms with Gasteiger partial charge in [-0.2, -0.15) is 0 Å². The van der Waals surface area contributed by atoms with E-state index in [0.29, 0.717) is 19.3 Å². The number of rotatable bonds is 5. The van der Waals surface area contributed by atoms with E-state index in [9.17, 15) is 0 Å². The molecule has 0 spiro atoms. The van der Waals surface area contributed by atoms with Crippen LogP contribution in [-0.2, 0) is 9.47 Å². The molecule has 1 fully saturated rings. The molecule has 3 nitrogen and oxygen atoms in total. The van der Waals surface area contributed by atoms with Crippen molar-refractivity contribution in [1.82, 2.24) is 0 Å². The molecule has 0 bridgehead atoms. The van der Waals surface area contributed by atoms with Crippen LogP contribution < -0.4 is 5.73 Å². The van der Waals surface area contributed by atoms with Crippen LogP contribution in [0.2, 0.25) is 0 Å². The maximum absolute atomic E-state index is 5.90. The summed E-state index contributed by atoms with van der Waals surface area (Å²) in [4.78, 5) is 0. The highest BCUT2D eigenvalue weighted by atomic mass is 16.5. The van der Waals surface area contributed by atoms with E-state index in [0.717, 1.165) is 5.92 Å². The molecule has 1 aliphatic rings. The highest BCUT2D eigenvalue weighted by Crippen LogP contribution is 2.26. The van der Waals surface area contributed by atoms with Crippen molar-refractivity contribution in [3.63, 3.8) is 0 Å². The fourth-order valence-electron chi connectivity index (χ4n) is 2.12. The molecular weight excluding hydrogens is 178 g/mol. The molecular formula is C11H23NO2. The molecule has 0 amide bonds. The number of hydrogen-bond acceptors (Lipinski definition) is 3. The first kappa shape index (κ1) is 12.0. The maximum Gasteiger partial charge on any atom is 0.0933 e. The Morgan fingerprint density at radius 3 is 2.79 bits per heavy atom. The lowest BCUT2D eigenvalue weighted by atomic mass is 9.88. The summed E-state index contributed by atoms with van der Waals surface area (Å²) in [6.45, 7) is 3.46. The molecule has 2 N–H and O–H groups in total. The van der Waals surface area contributed by atoms with Crippen molar-refractivity contribution in [2.45, 2.75) is 44.8 Å². The Morgan fingerprint density at radius 2 is 2.21 bits per heavy atom. The van der Waals surface area contributed by atoms with Crippen LogP contribution in [0.3, 0.4) is 0 Å². The topological polar surface area (TPSA) is 44.5 Å². The van der Waals surface area contributed by atoms with Gasteiger partial charge in [0.05, 0.1) is 18.8 Å². The van der Waals surface area contributed by atoms with Crippen molar-refractivity contribution < 1.29 is 9.47 Å². The Balaban J connectivity index is 2.26. The van der Waals surface area contributed by atoms with E-state index in [1.54, 1.807) is 7.11 Å². The van der Waals surface area contributed by atoms with E-state index in [-0.39, 0.29) is 6.10 Å². The van der Waals surface area contributed by atoms with Gasteiger partial charge in [0, 0.05) is 13.7 Å². The summed E-state index contributed by atoms with van der Waals surface area (Å²) >= 11 is 0. The molecule has 0 aliphatic heterocycles. The Labute approximate surface area is 86.9 Å². The molecule has 0 radical (unpaired) electrons. The second kappa shape index (κ2) is 6.38. The minimum Gasteiger partial charge on any atom is -0.382 e. The summed E-state index contributed by atoms with van der Waals surface area (Å²) in [6.07, 6.45) is 5.48. The zero-order valence-electron chi connectivity index (χ0n) is 9.37. The minimum absolute atomic E-state index is 0.0790. The van der Waals surface area contributed by atoms with E-state index in [4.69, 9.17) is 15.2 Å². The quantitative estimate of drug-likeness (QED) is 0.734. The van der Waals surface area contributed by atoms with E-state index in [2.05, 4.69) is 6.92 Å². The SMILES string of the molecule is COCC(CN)OC1CCCC(C)C1. The first-order valence-electron chi connectivity index (χ1n) is 5.60. The van der Waals surface area contributed by atoms with Crippen molar-refractivity contribution in [3.05, 3.63) is 0 Å². The zero-order valence-corrected chi connectivity index (χ0v) is 9.37. The van der Waals surface area contributed by atoms with Crippen molar-refractivity contribution in [3.8, 4) is 0 Å². The van der Waals surface area contributed by atoms with Crippen molar-refractivity contribution >= 4 is 0 Å². The summed E-state index contributed by atoms with van der Waals surface area (Å²) in [5, 5.41) is 0. The molecule has 3 heteroatoms. The fourth-order valence-corrected chi connectivity index (χ4v) is 2.12. The number of methoxy groups -OCH3 is 1. The number of nitrogens with two attached hydrogens (primary N) is 1. The minimum atomic E-state index is 0.0790. The van der Waals surface area contributed by atoms with Gasteiger partial charge in [0.2, 0.25) is 0 Å². The van der Waals surface area contributed by atoms with Gasteiger partial charge in [0.15, 0.2) is 0 Å². The van der Waals surface area contributed by atoms with Crippen molar-refractivity contribution in [2.24, 2.45) is 11.7 Å². The average Bonchev–Trinajstić information content (AvgIpc) is 2.17. The third-order valence-corrected chi connectivity index (χ3v) is 2.89. The Hall–Kier alpha value is -0.120. The zero-order chi connectivity index (χ0) is 10.4. The Kier molecular flexibility index (Phi) is 5.45. The smallest absolute Gasteiger partial charge is 0.0933 e. The van der Waals surface area contributed by atoms with Gasteiger partial charge in [-0.3, -0.25) is 0 Å². The van der Waals surface area contributed by atoms with E-state index in [1.807, 2.05) is 0 Å². The first-order valence-corrected chi connectivity index (χ1v) is 5.60. The fraction of sp³-hybridized carbons (Fsp3) is 1.00. The summed E-state index contributed by atoms with van der Waals surface area (Å²) in [5.74, 6) is 0.801. The third-order valence-electron chi connectivity index (χ3n) is 2.89. The van der Waals surface area contributed by atoms with Crippen LogP contribution in [0.4, 0.5) is 0 Å². The molecule has 0 aromatic heterocycles. The van der Waals surface area contributed by atoms with Crippen LogP contribution >= 0.6 is 0 Å². The molecule has 3 atom stereocenters. The van der Waals surface area contributed by atoms with Gasteiger partial charge in [-0.05, 0) is 18.8 Å². The third kappa shape index (κ3) is 3.95. The van der Waals surface area contributed by atoms with Gasteiger partial charge in [0.1, 0.15) is 0 Å². The second-order valence-electron chi connectivity index (χ2n) is 4.34. The van der Waals surface area contributed by atoms with Gasteiger partial charge >= 0.3 is 0 Å². The van der Waals surface area contributed by atoms with E-state index < -0.39 is 0 Å². The van der Waals surface area contributed by atoms with Crippen LogP contribution in [0.15, 0.2) is 0 Å². The lowest BCUT2D eigenvalue weighted by Gasteiger charge is -2.29. The van der Waals surface area contributed by atoms with Gasteiger partial charge < -0.3 is 15.2 Å². The van der Waals surface area contributed by atoms with Crippen LogP contribution in [0.25, 0.3) is 0 Å². The lowest BCUT2D eigenvalue weighted by molar-refractivity contribution is -0.0626.